The van der Waals surface area contributed by atoms with Gasteiger partial charge in [-0.2, -0.15) is 0 Å². The molecule has 6 nitrogen and oxygen atoms in total. The van der Waals surface area contributed by atoms with Gasteiger partial charge in [0.25, 0.3) is 0 Å². The molecule has 0 unspecified atom stereocenters. The van der Waals surface area contributed by atoms with Crippen molar-refractivity contribution in [2.24, 2.45) is 0 Å². The first-order valence-electron chi connectivity index (χ1n) is 6.84. The molecule has 0 fully saturated rings. The van der Waals surface area contributed by atoms with Crippen molar-refractivity contribution >= 4 is 34.9 Å². The van der Waals surface area contributed by atoms with Gasteiger partial charge in [-0.3, -0.25) is 4.79 Å². The number of amides is 1. The van der Waals surface area contributed by atoms with Crippen LogP contribution in [0.15, 0.2) is 52.9 Å². The van der Waals surface area contributed by atoms with E-state index in [2.05, 4.69) is 20.8 Å². The number of hydrogen-bond donors (Lipinski definition) is 2. The molecule has 0 aliphatic heterocycles. The number of rotatable bonds is 4. The van der Waals surface area contributed by atoms with E-state index >= 15 is 0 Å². The van der Waals surface area contributed by atoms with Crippen LogP contribution in [0.3, 0.4) is 0 Å². The summed E-state index contributed by atoms with van der Waals surface area (Å²) in [6.45, 7) is 1.46. The van der Waals surface area contributed by atoms with E-state index < -0.39 is 0 Å². The Hall–Kier alpha value is -2.86. The lowest BCUT2D eigenvalue weighted by Gasteiger charge is -2.04. The molecular formula is C16H13ClN4O2. The zero-order valence-corrected chi connectivity index (χ0v) is 13.0. The van der Waals surface area contributed by atoms with Crippen molar-refractivity contribution in [3.05, 3.63) is 53.6 Å². The van der Waals surface area contributed by atoms with Gasteiger partial charge in [-0.25, -0.2) is 0 Å². The topological polar surface area (TPSA) is 80.0 Å². The number of halogens is 1. The molecule has 0 bridgehead atoms. The lowest BCUT2D eigenvalue weighted by atomic mass is 10.2. The fraction of sp³-hybridized carbons (Fsp3) is 0.0625. The minimum Gasteiger partial charge on any atom is -0.403 e. The van der Waals surface area contributed by atoms with E-state index in [9.17, 15) is 4.79 Å². The molecule has 3 rings (SSSR count). The zero-order chi connectivity index (χ0) is 16.2. The number of anilines is 3. The molecule has 2 N–H and O–H groups in total. The van der Waals surface area contributed by atoms with Crippen LogP contribution >= 0.6 is 11.6 Å². The number of hydrogen-bond acceptors (Lipinski definition) is 5. The molecule has 23 heavy (non-hydrogen) atoms. The van der Waals surface area contributed by atoms with Crippen molar-refractivity contribution in [1.29, 1.82) is 0 Å². The molecule has 0 aliphatic carbocycles. The first kappa shape index (κ1) is 15.1. The summed E-state index contributed by atoms with van der Waals surface area (Å²) in [6.07, 6.45) is 0. The van der Waals surface area contributed by atoms with Crippen LogP contribution in [0, 0.1) is 0 Å². The molecule has 0 saturated heterocycles. The second kappa shape index (κ2) is 6.50. The molecule has 2 aromatic carbocycles. The molecule has 116 valence electrons. The van der Waals surface area contributed by atoms with Crippen molar-refractivity contribution in [3.8, 4) is 11.5 Å². The highest BCUT2D eigenvalue weighted by Crippen LogP contribution is 2.24. The lowest BCUT2D eigenvalue weighted by Crippen LogP contribution is -2.05. The summed E-state index contributed by atoms with van der Waals surface area (Å²) in [4.78, 5) is 11.0. The molecule has 1 aromatic heterocycles. The Morgan fingerprint density at radius 1 is 1.09 bits per heavy atom. The Bertz CT molecular complexity index is 830. The second-order valence-corrected chi connectivity index (χ2v) is 5.24. The quantitative estimate of drug-likeness (QED) is 0.754. The number of benzene rings is 2. The molecule has 0 saturated carbocycles. The van der Waals surface area contributed by atoms with E-state index in [1.54, 1.807) is 36.4 Å². The second-order valence-electron chi connectivity index (χ2n) is 4.81. The smallest absolute Gasteiger partial charge is 0.320 e. The standard InChI is InChI=1S/C16H13ClN4O2/c1-10(22)18-13-5-7-14(8-6-13)19-16-21-20-15(23-16)11-3-2-4-12(17)9-11/h2-9H,1H3,(H,18,22)(H,19,21). The third kappa shape index (κ3) is 3.87. The van der Waals surface area contributed by atoms with Crippen molar-refractivity contribution in [1.82, 2.24) is 10.2 Å². The largest absolute Gasteiger partial charge is 0.403 e. The van der Waals surface area contributed by atoms with Gasteiger partial charge < -0.3 is 15.1 Å². The Labute approximate surface area is 137 Å². The monoisotopic (exact) mass is 328 g/mol. The van der Waals surface area contributed by atoms with Crippen LogP contribution in [0.5, 0.6) is 0 Å². The third-order valence-electron chi connectivity index (χ3n) is 2.95. The van der Waals surface area contributed by atoms with Crippen LogP contribution < -0.4 is 10.6 Å². The van der Waals surface area contributed by atoms with Gasteiger partial charge in [0.1, 0.15) is 0 Å². The van der Waals surface area contributed by atoms with Crippen molar-refractivity contribution in [3.63, 3.8) is 0 Å². The van der Waals surface area contributed by atoms with Crippen LogP contribution in [0.1, 0.15) is 6.92 Å². The Morgan fingerprint density at radius 3 is 2.52 bits per heavy atom. The molecule has 7 heteroatoms. The highest BCUT2D eigenvalue weighted by molar-refractivity contribution is 6.30. The fourth-order valence-electron chi connectivity index (χ4n) is 1.98. The van der Waals surface area contributed by atoms with Gasteiger partial charge in [-0.15, -0.1) is 5.10 Å². The number of nitrogens with one attached hydrogen (secondary N) is 2. The van der Waals surface area contributed by atoms with Crippen molar-refractivity contribution < 1.29 is 9.21 Å². The summed E-state index contributed by atoms with van der Waals surface area (Å²) >= 11 is 5.95. The molecule has 0 atom stereocenters. The maximum absolute atomic E-state index is 11.0. The first-order chi connectivity index (χ1) is 11.1. The van der Waals surface area contributed by atoms with E-state index in [1.807, 2.05) is 12.1 Å². The van der Waals surface area contributed by atoms with Gasteiger partial charge in [0.15, 0.2) is 0 Å². The average molecular weight is 329 g/mol. The Kier molecular flexibility index (Phi) is 4.25. The minimum absolute atomic E-state index is 0.117. The SMILES string of the molecule is CC(=O)Nc1ccc(Nc2nnc(-c3cccc(Cl)c3)o2)cc1. The summed E-state index contributed by atoms with van der Waals surface area (Å²) < 4.78 is 5.56. The lowest BCUT2D eigenvalue weighted by molar-refractivity contribution is -0.114. The molecule has 0 spiro atoms. The summed E-state index contributed by atoms with van der Waals surface area (Å²) in [5.74, 6) is 0.263. The molecule has 3 aromatic rings. The van der Waals surface area contributed by atoms with Gasteiger partial charge in [-0.05, 0) is 42.5 Å². The van der Waals surface area contributed by atoms with E-state index in [4.69, 9.17) is 16.0 Å². The predicted octanol–water partition coefficient (Wildman–Crippen LogP) is 4.09. The van der Waals surface area contributed by atoms with Gasteiger partial charge in [0.05, 0.1) is 0 Å². The molecule has 0 aliphatic rings. The van der Waals surface area contributed by atoms with E-state index in [1.165, 1.54) is 6.92 Å². The summed E-state index contributed by atoms with van der Waals surface area (Å²) in [7, 11) is 0. The van der Waals surface area contributed by atoms with Gasteiger partial charge in [0, 0.05) is 28.9 Å². The van der Waals surface area contributed by atoms with Gasteiger partial charge >= 0.3 is 6.01 Å². The maximum atomic E-state index is 11.0. The van der Waals surface area contributed by atoms with E-state index in [0.717, 1.165) is 11.3 Å². The maximum Gasteiger partial charge on any atom is 0.320 e. The summed E-state index contributed by atoms with van der Waals surface area (Å²) in [6, 6.07) is 14.6. The fourth-order valence-corrected chi connectivity index (χ4v) is 2.17. The van der Waals surface area contributed by atoms with E-state index in [0.29, 0.717) is 16.6 Å². The molecular weight excluding hydrogens is 316 g/mol. The van der Waals surface area contributed by atoms with Gasteiger partial charge in [0.2, 0.25) is 11.8 Å². The Balaban J connectivity index is 1.73. The molecule has 0 radical (unpaired) electrons. The normalized spacial score (nSPS) is 10.3. The zero-order valence-electron chi connectivity index (χ0n) is 12.2. The van der Waals surface area contributed by atoms with Crippen LogP contribution in [0.25, 0.3) is 11.5 Å². The molecule has 1 amide bonds. The minimum atomic E-state index is -0.117. The first-order valence-corrected chi connectivity index (χ1v) is 7.22. The average Bonchev–Trinajstić information content (AvgIpc) is 2.97. The summed E-state index contributed by atoms with van der Waals surface area (Å²) in [5.41, 5.74) is 2.23. The van der Waals surface area contributed by atoms with Crippen LogP contribution in [-0.4, -0.2) is 16.1 Å². The van der Waals surface area contributed by atoms with Crippen LogP contribution in [-0.2, 0) is 4.79 Å². The highest BCUT2D eigenvalue weighted by atomic mass is 35.5. The number of carbonyl (C=O) groups excluding carboxylic acids is 1. The summed E-state index contributed by atoms with van der Waals surface area (Å²) in [5, 5.41) is 14.2. The van der Waals surface area contributed by atoms with Crippen molar-refractivity contribution in [2.75, 3.05) is 10.6 Å². The number of aromatic nitrogens is 2. The molecule has 1 heterocycles. The Morgan fingerprint density at radius 2 is 1.83 bits per heavy atom. The van der Waals surface area contributed by atoms with E-state index in [-0.39, 0.29) is 11.9 Å². The highest BCUT2D eigenvalue weighted by Gasteiger charge is 2.09. The van der Waals surface area contributed by atoms with Crippen molar-refractivity contribution in [2.45, 2.75) is 6.92 Å². The predicted molar refractivity (Wildman–Crippen MR) is 88.8 cm³/mol. The number of nitrogens with zero attached hydrogens (tertiary/aromatic N) is 2. The van der Waals surface area contributed by atoms with Crippen LogP contribution in [0.4, 0.5) is 17.4 Å². The number of carbonyl (C=O) groups is 1. The van der Waals surface area contributed by atoms with Gasteiger partial charge in [-0.1, -0.05) is 22.8 Å². The van der Waals surface area contributed by atoms with Crippen LogP contribution in [0.2, 0.25) is 5.02 Å². The third-order valence-corrected chi connectivity index (χ3v) is 3.19.